The quantitative estimate of drug-likeness (QED) is 0.188. The predicted octanol–water partition coefficient (Wildman–Crippen LogP) is 10.6. The van der Waals surface area contributed by atoms with Crippen molar-refractivity contribution < 1.29 is 20.0 Å². The third-order valence-electron chi connectivity index (χ3n) is 9.28. The van der Waals surface area contributed by atoms with Gasteiger partial charge in [-0.25, -0.2) is 0 Å². The monoisotopic (exact) mass is 680 g/mol. The van der Waals surface area contributed by atoms with Crippen LogP contribution in [-0.4, -0.2) is 0 Å². The van der Waals surface area contributed by atoms with Gasteiger partial charge in [0.1, 0.15) is 0 Å². The summed E-state index contributed by atoms with van der Waals surface area (Å²) >= 11 is -2.83. The van der Waals surface area contributed by atoms with Gasteiger partial charge in [-0.05, 0) is 0 Å². The Morgan fingerprint density at radius 2 is 1.06 bits per heavy atom. The maximum absolute atomic E-state index is 2.83. The summed E-state index contributed by atoms with van der Waals surface area (Å²) in [5.41, 5.74) is 9.95. The third kappa shape index (κ3) is 3.57. The first-order chi connectivity index (χ1) is 16.7. The summed E-state index contributed by atoms with van der Waals surface area (Å²) < 4.78 is 4.61. The second kappa shape index (κ2) is 9.90. The van der Waals surface area contributed by atoms with Gasteiger partial charge in [-0.15, -0.1) is 24.8 Å². The maximum Gasteiger partial charge on any atom is -0.147 e. The van der Waals surface area contributed by atoms with E-state index < -0.39 is 20.0 Å². The summed E-state index contributed by atoms with van der Waals surface area (Å²) in [6.07, 6.45) is 9.08. The summed E-state index contributed by atoms with van der Waals surface area (Å²) in [6.45, 7) is 4.81. The zero-order chi connectivity index (χ0) is 22.9. The van der Waals surface area contributed by atoms with Crippen molar-refractivity contribution in [3.8, 4) is 0 Å². The van der Waals surface area contributed by atoms with Crippen molar-refractivity contribution in [3.63, 3.8) is 0 Å². The van der Waals surface area contributed by atoms with E-state index in [1.54, 1.807) is 41.8 Å². The fourth-order valence-corrected chi connectivity index (χ4v) is 30.9. The van der Waals surface area contributed by atoms with Crippen LogP contribution in [0.5, 0.6) is 0 Å². The second-order valence-corrected chi connectivity index (χ2v) is 27.3. The summed E-state index contributed by atoms with van der Waals surface area (Å²) in [6, 6.07) is 27.9. The van der Waals surface area contributed by atoms with E-state index >= 15 is 0 Å². The molecule has 2 atom stereocenters. The van der Waals surface area contributed by atoms with Crippen molar-refractivity contribution in [2.45, 2.75) is 48.8 Å². The van der Waals surface area contributed by atoms with Crippen LogP contribution in [-0.2, 0) is 20.0 Å². The van der Waals surface area contributed by atoms with E-state index in [4.69, 9.17) is 0 Å². The van der Waals surface area contributed by atoms with Gasteiger partial charge >= 0.3 is 209 Å². The van der Waals surface area contributed by atoms with E-state index in [-0.39, 0.29) is 24.8 Å². The second-order valence-electron chi connectivity index (χ2n) is 10.7. The molecule has 3 heteroatoms. The molecule has 1 heterocycles. The van der Waals surface area contributed by atoms with E-state index in [9.17, 15) is 0 Å². The average Bonchev–Trinajstić information content (AvgIpc) is 3.43. The smallest absolute Gasteiger partial charge is 0.147 e. The Kier molecular flexibility index (Phi) is 7.14. The van der Waals surface area contributed by atoms with Crippen LogP contribution in [0.3, 0.4) is 0 Å². The molecule has 4 aromatic rings. The number of hydrogen-bond donors (Lipinski definition) is 0. The topological polar surface area (TPSA) is 0 Å². The number of allylic oxidation sites excluding steroid dienone is 2. The summed E-state index contributed by atoms with van der Waals surface area (Å²) in [7, 11) is 0. The standard InChI is InChI=1S/2C15H13.C3H6.2ClH.Hf/c2*1-2-11-9-13-8-7-12-5-3-4-6-14(12)15(13)10-11;1-3-2;;;/h2*3-10H,2H2,1H3;1-3H2;2*1H;. The molecule has 0 bridgehead atoms. The Morgan fingerprint density at radius 1 is 0.611 bits per heavy atom. The molecule has 184 valence electrons. The number of benzene rings is 4. The van der Waals surface area contributed by atoms with E-state index in [0.29, 0.717) is 0 Å². The number of hydrogen-bond acceptors (Lipinski definition) is 0. The van der Waals surface area contributed by atoms with Crippen LogP contribution in [0.4, 0.5) is 0 Å². The average molecular weight is 680 g/mol. The molecule has 2 aliphatic carbocycles. The largest absolute Gasteiger partial charge is 0.147 e. The van der Waals surface area contributed by atoms with Gasteiger partial charge in [0.05, 0.1) is 0 Å². The first kappa shape index (κ1) is 26.0. The van der Waals surface area contributed by atoms with Gasteiger partial charge in [0.15, 0.2) is 0 Å². The Bertz CT molecular complexity index is 1410. The number of rotatable bonds is 4. The molecule has 0 saturated carbocycles. The fourth-order valence-electron chi connectivity index (χ4n) is 7.69. The molecular weight excluding hydrogens is 646 g/mol. The molecular formula is C33H34Cl2Hf. The minimum atomic E-state index is -2.83. The van der Waals surface area contributed by atoms with Gasteiger partial charge in [0, 0.05) is 0 Å². The molecule has 0 nitrogen and oxygen atoms in total. The van der Waals surface area contributed by atoms with Crippen LogP contribution in [0.25, 0.3) is 33.7 Å². The Morgan fingerprint density at radius 3 is 1.44 bits per heavy atom. The van der Waals surface area contributed by atoms with Gasteiger partial charge < -0.3 is 0 Å². The van der Waals surface area contributed by atoms with Crippen LogP contribution in [0.1, 0.15) is 62.7 Å². The molecule has 0 N–H and O–H groups in total. The summed E-state index contributed by atoms with van der Waals surface area (Å²) in [5, 5.41) is 5.69. The molecule has 2 unspecified atom stereocenters. The van der Waals surface area contributed by atoms with Gasteiger partial charge in [-0.2, -0.15) is 0 Å². The van der Waals surface area contributed by atoms with E-state index in [1.807, 2.05) is 0 Å². The van der Waals surface area contributed by atoms with Crippen LogP contribution >= 0.6 is 24.8 Å². The predicted molar refractivity (Wildman–Crippen MR) is 159 cm³/mol. The van der Waals surface area contributed by atoms with Crippen LogP contribution in [0, 0.1) is 0 Å². The SMILES string of the molecule is CCC1=Cc2c(ccc3ccccc23)[CH]1[Hf]1([CH]2C(CC)=Cc3c2ccc2ccccc32)[CH2]C[CH2]1.Cl.Cl. The molecule has 0 amide bonds. The molecule has 7 rings (SSSR count). The summed E-state index contributed by atoms with van der Waals surface area (Å²) in [5.74, 6) is 0. The first-order valence-electron chi connectivity index (χ1n) is 13.2. The van der Waals surface area contributed by atoms with Crippen molar-refractivity contribution >= 4 is 58.5 Å². The molecule has 36 heavy (non-hydrogen) atoms. The number of halogens is 2. The normalized spacial score (nSPS) is 21.1. The van der Waals surface area contributed by atoms with Crippen molar-refractivity contribution in [2.75, 3.05) is 0 Å². The minimum Gasteiger partial charge on any atom is -0.147 e. The molecule has 0 radical (unpaired) electrons. The van der Waals surface area contributed by atoms with Crippen molar-refractivity contribution in [1.29, 1.82) is 0 Å². The first-order valence-corrected chi connectivity index (χ1v) is 22.4. The zero-order valence-electron chi connectivity index (χ0n) is 21.1. The molecule has 1 aliphatic heterocycles. The fraction of sp³-hybridized carbons (Fsp3) is 0.273. The third-order valence-corrected chi connectivity index (χ3v) is 31.7. The molecule has 1 fully saturated rings. The molecule has 4 aromatic carbocycles. The molecule has 0 spiro atoms. The molecule has 0 aromatic heterocycles. The maximum atomic E-state index is 2.62. The van der Waals surface area contributed by atoms with E-state index in [1.165, 1.54) is 40.8 Å². The van der Waals surface area contributed by atoms with Crippen molar-refractivity contribution in [1.82, 2.24) is 0 Å². The van der Waals surface area contributed by atoms with Crippen LogP contribution in [0.15, 0.2) is 83.9 Å². The Balaban J connectivity index is 0.00000133. The van der Waals surface area contributed by atoms with Crippen molar-refractivity contribution in [2.24, 2.45) is 0 Å². The molecule has 3 aliphatic rings. The van der Waals surface area contributed by atoms with E-state index in [0.717, 1.165) is 7.35 Å². The van der Waals surface area contributed by atoms with Crippen molar-refractivity contribution in [3.05, 3.63) is 106 Å². The molecule has 1 saturated heterocycles. The van der Waals surface area contributed by atoms with Crippen LogP contribution in [0.2, 0.25) is 8.35 Å². The zero-order valence-corrected chi connectivity index (χ0v) is 26.3. The number of fused-ring (bicyclic) bond motifs is 6. The van der Waals surface area contributed by atoms with Gasteiger partial charge in [-0.1, -0.05) is 0 Å². The van der Waals surface area contributed by atoms with Gasteiger partial charge in [0.2, 0.25) is 0 Å². The van der Waals surface area contributed by atoms with Gasteiger partial charge in [-0.3, -0.25) is 0 Å². The van der Waals surface area contributed by atoms with Crippen LogP contribution < -0.4 is 0 Å². The minimum absolute atomic E-state index is 0. The summed E-state index contributed by atoms with van der Waals surface area (Å²) in [4.78, 5) is 0. The van der Waals surface area contributed by atoms with Gasteiger partial charge in [0.25, 0.3) is 0 Å². The van der Waals surface area contributed by atoms with E-state index in [2.05, 4.69) is 98.8 Å². The Hall–Kier alpha value is -1.67. The Labute approximate surface area is 232 Å².